The van der Waals surface area contributed by atoms with E-state index in [2.05, 4.69) is 23.7 Å². The molecule has 0 amide bonds. The molecule has 0 unspecified atom stereocenters. The summed E-state index contributed by atoms with van der Waals surface area (Å²) in [7, 11) is 0. The molecule has 2 atom stereocenters. The third-order valence-corrected chi connectivity index (χ3v) is 3.24. The first-order chi connectivity index (χ1) is 14.0. The summed E-state index contributed by atoms with van der Waals surface area (Å²) >= 11 is 0. The molecule has 0 bridgehead atoms. The Balaban J connectivity index is 0.000000296. The number of aliphatic hydroxyl groups is 1. The van der Waals surface area contributed by atoms with E-state index in [1.807, 2.05) is 72.8 Å². The Labute approximate surface area is 173 Å². The molecule has 0 heterocycles. The number of benzene rings is 2. The van der Waals surface area contributed by atoms with Gasteiger partial charge in [-0.25, -0.2) is 0 Å². The molecule has 3 nitrogen and oxygen atoms in total. The van der Waals surface area contributed by atoms with Crippen molar-refractivity contribution >= 4 is 18.1 Å². The molecule has 0 radical (unpaired) electrons. The third-order valence-electron chi connectivity index (χ3n) is 3.24. The molecule has 0 saturated heterocycles. The smallest absolute Gasteiger partial charge is 0.303 e. The lowest BCUT2D eigenvalue weighted by Crippen LogP contribution is -2.09. The van der Waals surface area contributed by atoms with Crippen LogP contribution in [0.15, 0.2) is 72.8 Å². The van der Waals surface area contributed by atoms with Gasteiger partial charge in [0.15, 0.2) is 6.10 Å². The standard InChI is InChI=1S/C14H14O2.C12H12O/c1-12(16-13(2)15)8-6-7-11-14-9-4-3-5-10-14;1-11(13)7-5-6-10-12-8-3-2-4-9-12/h3-5,7,9-12H,1-2H3;2-4,6,8-11,13H,1H3/b11-7+;10-6+/t12-;11-/m00/s1. The minimum atomic E-state index is -0.555. The van der Waals surface area contributed by atoms with E-state index in [1.165, 1.54) is 6.92 Å². The van der Waals surface area contributed by atoms with Crippen LogP contribution in [0.1, 0.15) is 31.9 Å². The van der Waals surface area contributed by atoms with Crippen LogP contribution in [0.5, 0.6) is 0 Å². The zero-order chi connectivity index (χ0) is 21.3. The summed E-state index contributed by atoms with van der Waals surface area (Å²) in [4.78, 5) is 10.6. The van der Waals surface area contributed by atoms with Crippen LogP contribution < -0.4 is 0 Å². The predicted molar refractivity (Wildman–Crippen MR) is 119 cm³/mol. The molecule has 0 aliphatic carbocycles. The highest BCUT2D eigenvalue weighted by molar-refractivity contribution is 5.66. The van der Waals surface area contributed by atoms with E-state index in [0.29, 0.717) is 0 Å². The first kappa shape index (κ1) is 23.5. The first-order valence-electron chi connectivity index (χ1n) is 9.28. The van der Waals surface area contributed by atoms with E-state index in [0.717, 1.165) is 11.1 Å². The first-order valence-corrected chi connectivity index (χ1v) is 9.28. The molecule has 0 aliphatic rings. The van der Waals surface area contributed by atoms with Gasteiger partial charge in [0.2, 0.25) is 0 Å². The number of carbonyl (C=O) groups is 1. The molecule has 2 rings (SSSR count). The molecule has 0 aliphatic heterocycles. The SMILES string of the molecule is CC(=O)O[C@@H](C)C#C/C=C/c1ccccc1.C[C@H](O)C#C/C=C/c1ccccc1. The average molecular weight is 386 g/mol. The maximum Gasteiger partial charge on any atom is 0.303 e. The number of rotatable bonds is 3. The third kappa shape index (κ3) is 13.3. The van der Waals surface area contributed by atoms with Gasteiger partial charge in [-0.05, 0) is 49.3 Å². The second kappa shape index (κ2) is 14.5. The van der Waals surface area contributed by atoms with Crippen molar-refractivity contribution in [3.63, 3.8) is 0 Å². The number of carbonyl (C=O) groups excluding carboxylic acids is 1. The van der Waals surface area contributed by atoms with Gasteiger partial charge in [0.25, 0.3) is 0 Å². The number of aliphatic hydroxyl groups excluding tert-OH is 1. The Morgan fingerprint density at radius 3 is 1.72 bits per heavy atom. The van der Waals surface area contributed by atoms with Gasteiger partial charge in [0.1, 0.15) is 6.10 Å². The van der Waals surface area contributed by atoms with Gasteiger partial charge in [0.05, 0.1) is 0 Å². The van der Waals surface area contributed by atoms with Crippen LogP contribution in [0.3, 0.4) is 0 Å². The van der Waals surface area contributed by atoms with Crippen LogP contribution >= 0.6 is 0 Å². The molecule has 0 saturated carbocycles. The van der Waals surface area contributed by atoms with Crippen LogP contribution in [-0.4, -0.2) is 23.3 Å². The van der Waals surface area contributed by atoms with Gasteiger partial charge in [-0.15, -0.1) is 0 Å². The van der Waals surface area contributed by atoms with E-state index in [4.69, 9.17) is 9.84 Å². The van der Waals surface area contributed by atoms with Crippen molar-refractivity contribution < 1.29 is 14.6 Å². The van der Waals surface area contributed by atoms with Gasteiger partial charge in [-0.2, -0.15) is 0 Å². The van der Waals surface area contributed by atoms with Gasteiger partial charge < -0.3 is 9.84 Å². The quantitative estimate of drug-likeness (QED) is 0.612. The average Bonchev–Trinajstić information content (AvgIpc) is 2.70. The van der Waals surface area contributed by atoms with Crippen molar-refractivity contribution in [2.45, 2.75) is 33.0 Å². The summed E-state index contributed by atoms with van der Waals surface area (Å²) in [6.07, 6.45) is 6.39. The Morgan fingerprint density at radius 2 is 1.31 bits per heavy atom. The normalized spacial score (nSPS) is 11.9. The van der Waals surface area contributed by atoms with Crippen LogP contribution in [0, 0.1) is 23.7 Å². The van der Waals surface area contributed by atoms with Crippen molar-refractivity contribution in [1.29, 1.82) is 0 Å². The summed E-state index contributed by atoms with van der Waals surface area (Å²) in [5.41, 5.74) is 2.21. The number of allylic oxidation sites excluding steroid dienone is 2. The summed E-state index contributed by atoms with van der Waals surface area (Å²) in [5.74, 6) is 10.7. The maximum atomic E-state index is 10.6. The Kier molecular flexibility index (Phi) is 11.8. The van der Waals surface area contributed by atoms with Crippen LogP contribution in [0.25, 0.3) is 12.2 Å². The minimum absolute atomic E-state index is 0.311. The molecule has 0 aromatic heterocycles. The summed E-state index contributed by atoms with van der Waals surface area (Å²) in [6.45, 7) is 4.76. The largest absolute Gasteiger partial charge is 0.450 e. The van der Waals surface area contributed by atoms with Gasteiger partial charge >= 0.3 is 5.97 Å². The highest BCUT2D eigenvalue weighted by atomic mass is 16.5. The van der Waals surface area contributed by atoms with Crippen LogP contribution in [-0.2, 0) is 9.53 Å². The summed E-state index contributed by atoms with van der Waals surface area (Å²) < 4.78 is 4.86. The molecule has 2 aromatic carbocycles. The van der Waals surface area contributed by atoms with Crippen molar-refractivity contribution in [3.8, 4) is 23.7 Å². The molecule has 0 spiro atoms. The summed E-state index contributed by atoms with van der Waals surface area (Å²) in [6, 6.07) is 19.8. The molecular formula is C26H26O3. The fourth-order valence-electron chi connectivity index (χ4n) is 2.02. The fraction of sp³-hybridized carbons (Fsp3) is 0.192. The van der Waals surface area contributed by atoms with Gasteiger partial charge in [-0.3, -0.25) is 4.79 Å². The van der Waals surface area contributed by atoms with Crippen molar-refractivity contribution in [2.24, 2.45) is 0 Å². The Hall–Kier alpha value is -3.53. The van der Waals surface area contributed by atoms with Crippen molar-refractivity contribution in [3.05, 3.63) is 83.9 Å². The molecule has 0 fully saturated rings. The van der Waals surface area contributed by atoms with E-state index in [-0.39, 0.29) is 12.1 Å². The number of hydrogen-bond acceptors (Lipinski definition) is 3. The molecule has 148 valence electrons. The lowest BCUT2D eigenvalue weighted by atomic mass is 10.2. The topological polar surface area (TPSA) is 46.5 Å². The second-order valence-electron chi connectivity index (χ2n) is 5.99. The maximum absolute atomic E-state index is 10.6. The van der Waals surface area contributed by atoms with Gasteiger partial charge in [0, 0.05) is 6.92 Å². The van der Waals surface area contributed by atoms with Crippen molar-refractivity contribution in [2.75, 3.05) is 0 Å². The monoisotopic (exact) mass is 386 g/mol. The van der Waals surface area contributed by atoms with Crippen LogP contribution in [0.2, 0.25) is 0 Å². The molecule has 1 N–H and O–H groups in total. The predicted octanol–water partition coefficient (Wildman–Crippen LogP) is 4.74. The van der Waals surface area contributed by atoms with Gasteiger partial charge in [-0.1, -0.05) is 84.3 Å². The highest BCUT2D eigenvalue weighted by Gasteiger charge is 1.98. The highest BCUT2D eigenvalue weighted by Crippen LogP contribution is 2.00. The lowest BCUT2D eigenvalue weighted by Gasteiger charge is -2.01. The van der Waals surface area contributed by atoms with E-state index < -0.39 is 6.10 Å². The number of hydrogen-bond donors (Lipinski definition) is 1. The molecule has 2 aromatic rings. The van der Waals surface area contributed by atoms with E-state index >= 15 is 0 Å². The molecular weight excluding hydrogens is 360 g/mol. The number of esters is 1. The molecule has 3 heteroatoms. The number of ether oxygens (including phenoxy) is 1. The second-order valence-corrected chi connectivity index (χ2v) is 5.99. The van der Waals surface area contributed by atoms with Crippen molar-refractivity contribution in [1.82, 2.24) is 0 Å². The zero-order valence-electron chi connectivity index (χ0n) is 17.0. The van der Waals surface area contributed by atoms with Crippen LogP contribution in [0.4, 0.5) is 0 Å². The van der Waals surface area contributed by atoms with E-state index in [1.54, 1.807) is 26.0 Å². The zero-order valence-corrected chi connectivity index (χ0v) is 17.0. The lowest BCUT2D eigenvalue weighted by molar-refractivity contribution is -0.143. The molecule has 29 heavy (non-hydrogen) atoms. The van der Waals surface area contributed by atoms with E-state index in [9.17, 15) is 4.79 Å². The fourth-order valence-corrected chi connectivity index (χ4v) is 2.02. The minimum Gasteiger partial charge on any atom is -0.450 e. The summed E-state index contributed by atoms with van der Waals surface area (Å²) in [5, 5.41) is 8.84. The Bertz CT molecular complexity index is 902. The Morgan fingerprint density at radius 1 is 0.862 bits per heavy atom.